The lowest BCUT2D eigenvalue weighted by Crippen LogP contribution is -2.49. The number of alkyl halides is 6. The summed E-state index contributed by atoms with van der Waals surface area (Å²) >= 11 is 0. The Labute approximate surface area is 488 Å². The summed E-state index contributed by atoms with van der Waals surface area (Å²) < 4.78 is 83.9. The van der Waals surface area contributed by atoms with Gasteiger partial charge in [0, 0.05) is 181 Å². The summed E-state index contributed by atoms with van der Waals surface area (Å²) in [6.07, 6.45) is -0.680. The van der Waals surface area contributed by atoms with Gasteiger partial charge in [-0.1, -0.05) is 0 Å². The van der Waals surface area contributed by atoms with E-state index in [1.165, 1.54) is 10.6 Å². The van der Waals surface area contributed by atoms with Gasteiger partial charge in [0.2, 0.25) is 29.4 Å². The van der Waals surface area contributed by atoms with Gasteiger partial charge in [0.05, 0.1) is 37.7 Å². The van der Waals surface area contributed by atoms with Crippen LogP contribution < -0.4 is 31.4 Å². The maximum absolute atomic E-state index is 14.6. The second-order valence-corrected chi connectivity index (χ2v) is 24.2. The smallest absolute Gasteiger partial charge is 0.371 e. The molecule has 1 saturated carbocycles. The molecule has 3 amide bonds. The van der Waals surface area contributed by atoms with Crippen LogP contribution in [0.25, 0.3) is 0 Å². The second kappa shape index (κ2) is 21.8. The van der Waals surface area contributed by atoms with Crippen LogP contribution in [0, 0.1) is 24.7 Å². The van der Waals surface area contributed by atoms with E-state index in [1.54, 1.807) is 54.0 Å². The number of aryl methyl sites for hydroxylation is 3. The van der Waals surface area contributed by atoms with Crippen LogP contribution in [0.2, 0.25) is 0 Å². The lowest BCUT2D eigenvalue weighted by Gasteiger charge is -2.41. The van der Waals surface area contributed by atoms with Crippen LogP contribution in [0.3, 0.4) is 0 Å². The summed E-state index contributed by atoms with van der Waals surface area (Å²) in [5.74, 6) is -2.17. The fourth-order valence-electron chi connectivity index (χ4n) is 13.3. The number of anilines is 3. The maximum Gasteiger partial charge on any atom is 0.451 e. The predicted octanol–water partition coefficient (Wildman–Crippen LogP) is 5.50. The van der Waals surface area contributed by atoms with Gasteiger partial charge >= 0.3 is 12.4 Å². The monoisotopic (exact) mass is 1190 g/mol. The molecule has 0 aromatic carbocycles. The van der Waals surface area contributed by atoms with Crippen LogP contribution in [-0.2, 0) is 99.0 Å². The van der Waals surface area contributed by atoms with E-state index < -0.39 is 24.0 Å². The number of carbonyl (C=O) groups is 3. The predicted molar refractivity (Wildman–Crippen MR) is 299 cm³/mol. The number of amides is 3. The molecular formula is C60H62F6N14O6. The van der Waals surface area contributed by atoms with Gasteiger partial charge in [-0.05, 0) is 84.2 Å². The van der Waals surface area contributed by atoms with Crippen LogP contribution in [0.15, 0.2) is 75.6 Å². The molecule has 0 bridgehead atoms. The van der Waals surface area contributed by atoms with Crippen molar-refractivity contribution < 1.29 is 40.7 Å². The third kappa shape index (κ3) is 11.1. The Bertz CT molecular complexity index is 3900. The number of halogens is 6. The van der Waals surface area contributed by atoms with Crippen molar-refractivity contribution >= 4 is 34.9 Å². The normalized spacial score (nSPS) is 17.9. The third-order valence-electron chi connectivity index (χ3n) is 18.3. The Morgan fingerprint density at radius 3 is 1.57 bits per heavy atom. The zero-order valence-corrected chi connectivity index (χ0v) is 47.4. The third-order valence-corrected chi connectivity index (χ3v) is 18.3. The quantitative estimate of drug-likeness (QED) is 0.110. The molecule has 86 heavy (non-hydrogen) atoms. The first kappa shape index (κ1) is 56.7. The number of hydrogen-bond acceptors (Lipinski definition) is 14. The number of nitrogens with zero attached hydrogens (tertiary/aromatic N) is 14. The molecule has 6 aliphatic heterocycles. The van der Waals surface area contributed by atoms with Crippen molar-refractivity contribution in [1.82, 2.24) is 53.3 Å². The molecule has 20 nitrogen and oxygen atoms in total. The van der Waals surface area contributed by atoms with E-state index in [4.69, 9.17) is 0 Å². The van der Waals surface area contributed by atoms with Gasteiger partial charge in [0.1, 0.15) is 5.82 Å². The van der Waals surface area contributed by atoms with Crippen molar-refractivity contribution in [3.63, 3.8) is 0 Å². The number of carbonyl (C=O) groups excluding carboxylic acids is 3. The van der Waals surface area contributed by atoms with E-state index in [9.17, 15) is 55.1 Å². The van der Waals surface area contributed by atoms with Crippen molar-refractivity contribution in [3.8, 4) is 0 Å². The molecule has 4 fully saturated rings. The molecular weight excluding hydrogens is 1130 g/mol. The minimum absolute atomic E-state index is 0.0434. The summed E-state index contributed by atoms with van der Waals surface area (Å²) in [5, 5.41) is 0. The number of aromatic nitrogens is 8. The largest absolute Gasteiger partial charge is 0.451 e. The van der Waals surface area contributed by atoms with E-state index in [1.807, 2.05) is 24.1 Å². The molecule has 0 unspecified atom stereocenters. The molecule has 450 valence electrons. The molecule has 13 rings (SSSR count). The van der Waals surface area contributed by atoms with E-state index in [-0.39, 0.29) is 129 Å². The highest BCUT2D eigenvalue weighted by Crippen LogP contribution is 2.41. The molecule has 3 saturated heterocycles. The van der Waals surface area contributed by atoms with Crippen molar-refractivity contribution in [1.29, 1.82) is 0 Å². The van der Waals surface area contributed by atoms with Gasteiger partial charge in [-0.15, -0.1) is 0 Å². The average Bonchev–Trinajstić information content (AvgIpc) is 1.74. The van der Waals surface area contributed by atoms with Gasteiger partial charge in [-0.3, -0.25) is 33.8 Å². The summed E-state index contributed by atoms with van der Waals surface area (Å²) in [6.45, 7) is 6.52. The highest BCUT2D eigenvalue weighted by Gasteiger charge is 2.41. The summed E-state index contributed by atoms with van der Waals surface area (Å²) in [7, 11) is 1.65. The summed E-state index contributed by atoms with van der Waals surface area (Å²) in [5.41, 5.74) is 8.45. The van der Waals surface area contributed by atoms with Crippen molar-refractivity contribution in [2.24, 2.45) is 24.8 Å². The Morgan fingerprint density at radius 1 is 0.535 bits per heavy atom. The van der Waals surface area contributed by atoms with Crippen LogP contribution in [-0.4, -0.2) is 110 Å². The summed E-state index contributed by atoms with van der Waals surface area (Å²) in [4.78, 5) is 113. The lowest BCUT2D eigenvalue weighted by atomic mass is 9.94. The number of pyridine rings is 4. The van der Waals surface area contributed by atoms with Crippen molar-refractivity contribution in [3.05, 3.63) is 160 Å². The molecule has 0 N–H and O–H groups in total. The first-order chi connectivity index (χ1) is 41.1. The van der Waals surface area contributed by atoms with Crippen LogP contribution in [0.1, 0.15) is 106 Å². The topological polar surface area (TPSA) is 201 Å². The highest BCUT2D eigenvalue weighted by molar-refractivity contribution is 5.79. The fourth-order valence-corrected chi connectivity index (χ4v) is 13.3. The zero-order chi connectivity index (χ0) is 60.1. The molecule has 26 heteroatoms. The lowest BCUT2D eigenvalue weighted by molar-refractivity contribution is -0.145. The van der Waals surface area contributed by atoms with Gasteiger partial charge in [-0.2, -0.15) is 26.3 Å². The standard InChI is InChI=1S/C60H62F6N14O6/c1-34-13-55(85)79(48-32-76(28-43(34)48)52(82)15-36-24-74(25-36)42-20-69-57(70-21-42)59(61,62)63)11-8-40-18-56(86)80(49-33-78(30-45(40)49)54(84)14-35-22-73(23-35)41-5-9-67-46(19-41)38-3-4-38)12-7-39-17-51(81)72(2)47-31-77(29-44(39)47)53(83)16-37-26-75(27-37)50-6-10-68-58(71-50)60(64,65)66/h5-6,9-10,13,17-21,35-38H,3-4,7-8,11-12,14-16,22-33H2,1-2H3. The maximum atomic E-state index is 14.6. The second-order valence-electron chi connectivity index (χ2n) is 24.2. The van der Waals surface area contributed by atoms with Gasteiger partial charge in [0.25, 0.3) is 16.7 Å². The van der Waals surface area contributed by atoms with Gasteiger partial charge < -0.3 is 43.1 Å². The first-order valence-corrected chi connectivity index (χ1v) is 29.1. The van der Waals surface area contributed by atoms with E-state index in [0.717, 1.165) is 78.2 Å². The van der Waals surface area contributed by atoms with E-state index in [0.29, 0.717) is 79.0 Å². The molecule has 6 aromatic heterocycles. The fraction of sp³-hybridized carbons (Fsp3) is 0.483. The Morgan fingerprint density at radius 2 is 1.01 bits per heavy atom. The minimum Gasteiger partial charge on any atom is -0.371 e. The molecule has 12 heterocycles. The van der Waals surface area contributed by atoms with Crippen LogP contribution in [0.5, 0.6) is 0 Å². The van der Waals surface area contributed by atoms with Crippen LogP contribution in [0.4, 0.5) is 43.5 Å². The molecule has 0 atom stereocenters. The van der Waals surface area contributed by atoms with Gasteiger partial charge in [0.15, 0.2) is 0 Å². The molecule has 1 aliphatic carbocycles. The number of rotatable bonds is 16. The minimum atomic E-state index is -4.69. The Hall–Kier alpha value is -8.45. The molecule has 0 spiro atoms. The van der Waals surface area contributed by atoms with Crippen molar-refractivity contribution in [2.45, 2.75) is 122 Å². The highest BCUT2D eigenvalue weighted by atomic mass is 19.4. The molecule has 6 aromatic rings. The average molecular weight is 1190 g/mol. The Kier molecular flexibility index (Phi) is 14.4. The van der Waals surface area contributed by atoms with Gasteiger partial charge in [-0.25, -0.2) is 19.9 Å². The number of hydrogen-bond donors (Lipinski definition) is 0. The SMILES string of the molecule is Cc1cc(=O)n(CCc2cc(=O)n(CCc3cc(=O)n(C)c4c3CN(C(=O)CC3CN(c5ccnc(C(F)(F)F)n5)C3)C4)c3c2CN(C(=O)CC2CN(c4ccnc(C5CC5)c4)C2)C3)c2c1CN(C(=O)CC1CN(c3cnc(C(F)(F)F)nc3)C1)C2. The zero-order valence-electron chi connectivity index (χ0n) is 47.4. The van der Waals surface area contributed by atoms with E-state index >= 15 is 0 Å². The Balaban J connectivity index is 0.698. The van der Waals surface area contributed by atoms with E-state index in [2.05, 4.69) is 35.9 Å². The molecule has 0 radical (unpaired) electrons. The number of fused-ring (bicyclic) bond motifs is 3. The van der Waals surface area contributed by atoms with Crippen LogP contribution >= 0.6 is 0 Å². The van der Waals surface area contributed by atoms with Crippen molar-refractivity contribution in [2.75, 3.05) is 54.0 Å². The summed E-state index contributed by atoms with van der Waals surface area (Å²) in [6, 6.07) is 10.2. The molecule has 7 aliphatic rings. The first-order valence-electron chi connectivity index (χ1n) is 29.1.